The van der Waals surface area contributed by atoms with E-state index >= 15 is 0 Å². The van der Waals surface area contributed by atoms with Crippen molar-refractivity contribution in [2.24, 2.45) is 5.14 Å². The molecule has 6 heteroatoms. The summed E-state index contributed by atoms with van der Waals surface area (Å²) in [5, 5.41) is 6.73. The number of thiophene rings is 1. The van der Waals surface area contributed by atoms with Crippen LogP contribution in [0.1, 0.15) is 5.56 Å². The number of sulfonamides is 1. The van der Waals surface area contributed by atoms with Crippen molar-refractivity contribution >= 4 is 21.4 Å². The molecule has 0 atom stereocenters. The number of hydrogen-bond acceptors (Lipinski definition) is 4. The van der Waals surface area contributed by atoms with E-state index in [0.717, 1.165) is 16.9 Å². The molecule has 13 heavy (non-hydrogen) atoms. The van der Waals surface area contributed by atoms with Crippen LogP contribution in [0, 0.1) is 0 Å². The quantitative estimate of drug-likeness (QED) is 0.808. The number of hydrogen-bond donors (Lipinski definition) is 1. The van der Waals surface area contributed by atoms with E-state index in [4.69, 9.17) is 9.88 Å². The fourth-order valence-corrected chi connectivity index (χ4v) is 2.88. The third kappa shape index (κ3) is 2.77. The van der Waals surface area contributed by atoms with Crippen LogP contribution >= 0.6 is 11.3 Å². The highest BCUT2D eigenvalue weighted by Crippen LogP contribution is 2.21. The number of primary sulfonamides is 1. The van der Waals surface area contributed by atoms with Crippen molar-refractivity contribution in [3.63, 3.8) is 0 Å². The number of rotatable bonds is 4. The SMILES string of the molecule is COCCc1ccsc1S(N)(=O)=O. The number of nitrogens with two attached hydrogens (primary N) is 1. The lowest BCUT2D eigenvalue weighted by Crippen LogP contribution is -2.12. The van der Waals surface area contributed by atoms with Crippen LogP contribution in [0.5, 0.6) is 0 Å². The lowest BCUT2D eigenvalue weighted by atomic mass is 10.3. The summed E-state index contributed by atoms with van der Waals surface area (Å²) in [5.41, 5.74) is 0.731. The summed E-state index contributed by atoms with van der Waals surface area (Å²) in [4.78, 5) is 0. The van der Waals surface area contributed by atoms with Crippen molar-refractivity contribution in [1.29, 1.82) is 0 Å². The van der Waals surface area contributed by atoms with Gasteiger partial charge in [-0.15, -0.1) is 11.3 Å². The molecule has 0 aromatic carbocycles. The average Bonchev–Trinajstić information content (AvgIpc) is 2.47. The van der Waals surface area contributed by atoms with Gasteiger partial charge in [0.05, 0.1) is 6.61 Å². The molecule has 0 amide bonds. The lowest BCUT2D eigenvalue weighted by Gasteiger charge is -2.00. The standard InChI is InChI=1S/C7H11NO3S2/c1-11-4-2-6-3-5-12-7(6)13(8,9)10/h3,5H,2,4H2,1H3,(H2,8,9,10). The maximum Gasteiger partial charge on any atom is 0.247 e. The zero-order valence-corrected chi connectivity index (χ0v) is 8.82. The van der Waals surface area contributed by atoms with Crippen LogP contribution in [0.2, 0.25) is 0 Å². The Balaban J connectivity index is 2.90. The topological polar surface area (TPSA) is 69.4 Å². The first-order chi connectivity index (χ1) is 6.05. The fourth-order valence-electron chi connectivity index (χ4n) is 0.969. The van der Waals surface area contributed by atoms with E-state index in [-0.39, 0.29) is 4.21 Å². The summed E-state index contributed by atoms with van der Waals surface area (Å²) >= 11 is 1.14. The van der Waals surface area contributed by atoms with Gasteiger partial charge < -0.3 is 4.74 Å². The molecular formula is C7H11NO3S2. The monoisotopic (exact) mass is 221 g/mol. The summed E-state index contributed by atoms with van der Waals surface area (Å²) in [7, 11) is -1.99. The van der Waals surface area contributed by atoms with Crippen LogP contribution in [-0.2, 0) is 21.2 Å². The first-order valence-corrected chi connectivity index (χ1v) is 6.06. The summed E-state index contributed by atoms with van der Waals surface area (Å²) in [6.07, 6.45) is 0.575. The molecule has 0 aliphatic heterocycles. The molecule has 0 aliphatic rings. The van der Waals surface area contributed by atoms with Gasteiger partial charge in [-0.2, -0.15) is 0 Å². The Morgan fingerprint density at radius 1 is 1.62 bits per heavy atom. The molecule has 0 fully saturated rings. The summed E-state index contributed by atoms with van der Waals surface area (Å²) in [6.45, 7) is 0.499. The Labute approximate surface area is 81.4 Å². The molecule has 0 radical (unpaired) electrons. The van der Waals surface area contributed by atoms with Gasteiger partial charge >= 0.3 is 0 Å². The normalized spacial score (nSPS) is 11.8. The van der Waals surface area contributed by atoms with Gasteiger partial charge in [0.2, 0.25) is 10.0 Å². The lowest BCUT2D eigenvalue weighted by molar-refractivity contribution is 0.202. The highest BCUT2D eigenvalue weighted by Gasteiger charge is 2.14. The third-order valence-corrected chi connectivity index (χ3v) is 4.05. The third-order valence-electron chi connectivity index (χ3n) is 1.54. The van der Waals surface area contributed by atoms with E-state index in [9.17, 15) is 8.42 Å². The smallest absolute Gasteiger partial charge is 0.247 e. The second kappa shape index (κ2) is 4.19. The molecule has 0 spiro atoms. The Morgan fingerprint density at radius 3 is 2.85 bits per heavy atom. The van der Waals surface area contributed by atoms with Crippen LogP contribution in [0.25, 0.3) is 0 Å². The molecular weight excluding hydrogens is 210 g/mol. The molecule has 1 heterocycles. The highest BCUT2D eigenvalue weighted by atomic mass is 32.2. The molecule has 74 valence electrons. The van der Waals surface area contributed by atoms with Gasteiger partial charge in [-0.05, 0) is 23.4 Å². The van der Waals surface area contributed by atoms with Crippen LogP contribution in [-0.4, -0.2) is 22.1 Å². The maximum atomic E-state index is 11.0. The first-order valence-electron chi connectivity index (χ1n) is 3.64. The Hall–Kier alpha value is -0.430. The molecule has 0 saturated heterocycles. The molecule has 1 aromatic heterocycles. The maximum absolute atomic E-state index is 11.0. The zero-order chi connectivity index (χ0) is 9.90. The van der Waals surface area contributed by atoms with Gasteiger partial charge in [0.25, 0.3) is 0 Å². The van der Waals surface area contributed by atoms with Crippen LogP contribution in [0.4, 0.5) is 0 Å². The predicted molar refractivity (Wildman–Crippen MR) is 51.3 cm³/mol. The van der Waals surface area contributed by atoms with Crippen molar-refractivity contribution in [3.8, 4) is 0 Å². The van der Waals surface area contributed by atoms with E-state index < -0.39 is 10.0 Å². The summed E-state index contributed by atoms with van der Waals surface area (Å²) in [5.74, 6) is 0. The fraction of sp³-hybridized carbons (Fsp3) is 0.429. The van der Waals surface area contributed by atoms with E-state index in [1.807, 2.05) is 0 Å². The molecule has 0 unspecified atom stereocenters. The van der Waals surface area contributed by atoms with Gasteiger partial charge in [-0.1, -0.05) is 0 Å². The number of ether oxygens (including phenoxy) is 1. The van der Waals surface area contributed by atoms with Gasteiger partial charge in [0, 0.05) is 7.11 Å². The Bertz CT molecular complexity index is 369. The molecule has 0 aliphatic carbocycles. The van der Waals surface area contributed by atoms with Crippen molar-refractivity contribution in [3.05, 3.63) is 17.0 Å². The van der Waals surface area contributed by atoms with E-state index in [0.29, 0.717) is 13.0 Å². The molecule has 0 saturated carbocycles. The van der Waals surface area contributed by atoms with Gasteiger partial charge in [0.1, 0.15) is 4.21 Å². The first kappa shape index (κ1) is 10.6. The predicted octanol–water partition coefficient (Wildman–Crippen LogP) is 0.584. The van der Waals surface area contributed by atoms with Crippen molar-refractivity contribution in [2.75, 3.05) is 13.7 Å². The van der Waals surface area contributed by atoms with Crippen molar-refractivity contribution in [2.45, 2.75) is 10.6 Å². The molecule has 1 aromatic rings. The molecule has 0 bridgehead atoms. The van der Waals surface area contributed by atoms with Crippen LogP contribution in [0.3, 0.4) is 0 Å². The van der Waals surface area contributed by atoms with Crippen molar-refractivity contribution in [1.82, 2.24) is 0 Å². The van der Waals surface area contributed by atoms with Crippen molar-refractivity contribution < 1.29 is 13.2 Å². The molecule has 4 nitrogen and oxygen atoms in total. The van der Waals surface area contributed by atoms with Crippen LogP contribution in [0.15, 0.2) is 15.7 Å². The molecule has 2 N–H and O–H groups in total. The highest BCUT2D eigenvalue weighted by molar-refractivity contribution is 7.91. The summed E-state index contributed by atoms with van der Waals surface area (Å²) < 4.78 is 27.1. The Kier molecular flexibility index (Phi) is 3.43. The van der Waals surface area contributed by atoms with Gasteiger partial charge in [-0.3, -0.25) is 0 Å². The minimum absolute atomic E-state index is 0.240. The minimum atomic E-state index is -3.56. The average molecular weight is 221 g/mol. The second-order valence-corrected chi connectivity index (χ2v) is 5.19. The van der Waals surface area contributed by atoms with E-state index in [1.165, 1.54) is 0 Å². The van der Waals surface area contributed by atoms with Gasteiger partial charge in [0.15, 0.2) is 0 Å². The Morgan fingerprint density at radius 2 is 2.31 bits per heavy atom. The zero-order valence-electron chi connectivity index (χ0n) is 7.19. The van der Waals surface area contributed by atoms with Gasteiger partial charge in [-0.25, -0.2) is 13.6 Å². The largest absolute Gasteiger partial charge is 0.384 e. The summed E-state index contributed by atoms with van der Waals surface area (Å²) in [6, 6.07) is 1.75. The van der Waals surface area contributed by atoms with Crippen LogP contribution < -0.4 is 5.14 Å². The van der Waals surface area contributed by atoms with E-state index in [1.54, 1.807) is 18.6 Å². The number of methoxy groups -OCH3 is 1. The minimum Gasteiger partial charge on any atom is -0.384 e. The van der Waals surface area contributed by atoms with E-state index in [2.05, 4.69) is 0 Å². The molecule has 1 rings (SSSR count). The second-order valence-electron chi connectivity index (χ2n) is 2.52.